The van der Waals surface area contributed by atoms with Gasteiger partial charge in [-0.05, 0) is 37.5 Å². The smallest absolute Gasteiger partial charge is 0.191 e. The molecule has 1 unspecified atom stereocenters. The first-order valence-corrected chi connectivity index (χ1v) is 11.1. The number of nitrogens with one attached hydrogen (secondary N) is 2. The molecule has 7 nitrogen and oxygen atoms in total. The van der Waals surface area contributed by atoms with Crippen molar-refractivity contribution < 1.29 is 14.2 Å². The van der Waals surface area contributed by atoms with Crippen LogP contribution in [-0.4, -0.2) is 89.8 Å². The van der Waals surface area contributed by atoms with Gasteiger partial charge in [0, 0.05) is 65.7 Å². The van der Waals surface area contributed by atoms with E-state index in [0.29, 0.717) is 17.9 Å². The Morgan fingerprint density at radius 1 is 1.10 bits per heavy atom. The van der Waals surface area contributed by atoms with Crippen molar-refractivity contribution in [3.8, 4) is 0 Å². The van der Waals surface area contributed by atoms with Crippen molar-refractivity contribution in [2.45, 2.75) is 45.6 Å². The average molecular weight is 527 g/mol. The molecule has 0 aromatic rings. The van der Waals surface area contributed by atoms with E-state index in [-0.39, 0.29) is 24.0 Å². The highest BCUT2D eigenvalue weighted by Gasteiger charge is 2.22. The van der Waals surface area contributed by atoms with Gasteiger partial charge in [0.1, 0.15) is 0 Å². The maximum atomic E-state index is 5.84. The molecule has 2 saturated heterocycles. The van der Waals surface area contributed by atoms with Crippen LogP contribution in [0.25, 0.3) is 0 Å². The van der Waals surface area contributed by atoms with Crippen molar-refractivity contribution in [3.05, 3.63) is 0 Å². The summed E-state index contributed by atoms with van der Waals surface area (Å²) in [6.07, 6.45) is 4.44. The lowest BCUT2D eigenvalue weighted by atomic mass is 10.0. The Morgan fingerprint density at radius 2 is 1.79 bits per heavy atom. The first-order valence-electron chi connectivity index (χ1n) is 11.1. The largest absolute Gasteiger partial charge is 0.381 e. The molecule has 29 heavy (non-hydrogen) atoms. The van der Waals surface area contributed by atoms with E-state index in [2.05, 4.69) is 34.4 Å². The molecule has 0 aromatic heterocycles. The van der Waals surface area contributed by atoms with Gasteiger partial charge in [0.2, 0.25) is 0 Å². The van der Waals surface area contributed by atoms with Crippen molar-refractivity contribution in [2.24, 2.45) is 16.8 Å². The second-order valence-corrected chi connectivity index (χ2v) is 8.30. The molecular weight excluding hydrogens is 483 g/mol. The SMILES string of the molecule is CN=C(NCCCOCC1CCOCC1)NCC(CC(C)C)N1CCOCC1.I. The highest BCUT2D eigenvalue weighted by Crippen LogP contribution is 2.15. The molecule has 2 aliphatic heterocycles. The molecule has 2 rings (SSSR count). The Morgan fingerprint density at radius 3 is 2.45 bits per heavy atom. The highest BCUT2D eigenvalue weighted by atomic mass is 127. The summed E-state index contributed by atoms with van der Waals surface area (Å²) in [5, 5.41) is 6.93. The topological polar surface area (TPSA) is 67.4 Å². The summed E-state index contributed by atoms with van der Waals surface area (Å²) in [4.78, 5) is 6.92. The molecule has 0 saturated carbocycles. The molecule has 2 fully saturated rings. The number of nitrogens with zero attached hydrogens (tertiary/aromatic N) is 2. The minimum atomic E-state index is 0. The molecule has 0 aromatic carbocycles. The van der Waals surface area contributed by atoms with Gasteiger partial charge in [-0.1, -0.05) is 13.8 Å². The molecule has 0 bridgehead atoms. The third-order valence-corrected chi connectivity index (χ3v) is 5.49. The summed E-state index contributed by atoms with van der Waals surface area (Å²) in [6.45, 7) is 13.5. The molecule has 0 amide bonds. The van der Waals surface area contributed by atoms with Crippen LogP contribution in [0.2, 0.25) is 0 Å². The van der Waals surface area contributed by atoms with Crippen LogP contribution in [0, 0.1) is 11.8 Å². The molecule has 172 valence electrons. The van der Waals surface area contributed by atoms with Gasteiger partial charge in [-0.25, -0.2) is 0 Å². The Bertz CT molecular complexity index is 428. The standard InChI is InChI=1S/C21H42N4O3.HI/c1-18(2)15-20(25-8-13-27-14-9-25)16-24-21(22-3)23-7-4-10-28-17-19-5-11-26-12-6-19;/h18-20H,4-17H2,1-3H3,(H2,22,23,24);1H. The summed E-state index contributed by atoms with van der Waals surface area (Å²) < 4.78 is 16.7. The van der Waals surface area contributed by atoms with Crippen molar-refractivity contribution in [2.75, 3.05) is 72.9 Å². The quantitative estimate of drug-likeness (QED) is 0.187. The third kappa shape index (κ3) is 11.7. The summed E-state index contributed by atoms with van der Waals surface area (Å²) in [5.74, 6) is 2.23. The van der Waals surface area contributed by atoms with Crippen LogP contribution in [0.3, 0.4) is 0 Å². The second kappa shape index (κ2) is 16.5. The zero-order chi connectivity index (χ0) is 20.0. The van der Waals surface area contributed by atoms with Gasteiger partial charge >= 0.3 is 0 Å². The minimum Gasteiger partial charge on any atom is -0.381 e. The van der Waals surface area contributed by atoms with E-state index in [1.807, 2.05) is 7.05 Å². The fourth-order valence-electron chi connectivity index (χ4n) is 3.83. The summed E-state index contributed by atoms with van der Waals surface area (Å²) in [6, 6.07) is 0.519. The number of rotatable bonds is 11. The number of aliphatic imine (C=N–C) groups is 1. The van der Waals surface area contributed by atoms with Crippen LogP contribution < -0.4 is 10.6 Å². The number of halogens is 1. The first-order chi connectivity index (χ1) is 13.7. The summed E-state index contributed by atoms with van der Waals surface area (Å²) >= 11 is 0. The maximum Gasteiger partial charge on any atom is 0.191 e. The van der Waals surface area contributed by atoms with Crippen LogP contribution in [-0.2, 0) is 14.2 Å². The molecule has 0 spiro atoms. The predicted octanol–water partition coefficient (Wildman–Crippen LogP) is 2.35. The van der Waals surface area contributed by atoms with Crippen molar-refractivity contribution in [3.63, 3.8) is 0 Å². The van der Waals surface area contributed by atoms with Gasteiger partial charge < -0.3 is 24.8 Å². The number of hydrogen-bond acceptors (Lipinski definition) is 5. The molecule has 0 radical (unpaired) electrons. The molecule has 2 heterocycles. The normalized spacial score (nSPS) is 20.3. The zero-order valence-electron chi connectivity index (χ0n) is 18.7. The molecular formula is C21H43IN4O3. The van der Waals surface area contributed by atoms with Crippen LogP contribution in [0.15, 0.2) is 4.99 Å². The Labute approximate surface area is 194 Å². The summed E-state index contributed by atoms with van der Waals surface area (Å²) in [5.41, 5.74) is 0. The number of ether oxygens (including phenoxy) is 3. The van der Waals surface area contributed by atoms with Gasteiger partial charge in [0.15, 0.2) is 5.96 Å². The van der Waals surface area contributed by atoms with Crippen molar-refractivity contribution >= 4 is 29.9 Å². The Balaban J connectivity index is 0.00000420. The van der Waals surface area contributed by atoms with E-state index >= 15 is 0 Å². The average Bonchev–Trinajstić information content (AvgIpc) is 2.73. The van der Waals surface area contributed by atoms with E-state index in [4.69, 9.17) is 14.2 Å². The second-order valence-electron chi connectivity index (χ2n) is 8.30. The van der Waals surface area contributed by atoms with Gasteiger partial charge in [0.05, 0.1) is 13.2 Å². The van der Waals surface area contributed by atoms with Gasteiger partial charge in [0.25, 0.3) is 0 Å². The van der Waals surface area contributed by atoms with Gasteiger partial charge in [-0.3, -0.25) is 9.89 Å². The molecule has 1 atom stereocenters. The fourth-order valence-corrected chi connectivity index (χ4v) is 3.83. The Hall–Kier alpha value is -0.160. The van der Waals surface area contributed by atoms with Crippen molar-refractivity contribution in [1.82, 2.24) is 15.5 Å². The van der Waals surface area contributed by atoms with Crippen LogP contribution in [0.4, 0.5) is 0 Å². The first kappa shape index (κ1) is 26.9. The van der Waals surface area contributed by atoms with Crippen LogP contribution in [0.1, 0.15) is 39.5 Å². The monoisotopic (exact) mass is 526 g/mol. The Kier molecular flexibility index (Phi) is 15.3. The van der Waals surface area contributed by atoms with E-state index in [1.54, 1.807) is 0 Å². The van der Waals surface area contributed by atoms with E-state index in [1.165, 1.54) is 6.42 Å². The van der Waals surface area contributed by atoms with E-state index in [9.17, 15) is 0 Å². The number of guanidine groups is 1. The number of morpholine rings is 1. The minimum absolute atomic E-state index is 0. The molecule has 8 heteroatoms. The van der Waals surface area contributed by atoms with E-state index < -0.39 is 0 Å². The molecule has 2 N–H and O–H groups in total. The highest BCUT2D eigenvalue weighted by molar-refractivity contribution is 14.0. The van der Waals surface area contributed by atoms with Crippen LogP contribution >= 0.6 is 24.0 Å². The zero-order valence-corrected chi connectivity index (χ0v) is 21.0. The van der Waals surface area contributed by atoms with Crippen molar-refractivity contribution in [1.29, 1.82) is 0 Å². The lowest BCUT2D eigenvalue weighted by molar-refractivity contribution is 0.0132. The maximum absolute atomic E-state index is 5.84. The predicted molar refractivity (Wildman–Crippen MR) is 129 cm³/mol. The van der Waals surface area contributed by atoms with Gasteiger partial charge in [-0.2, -0.15) is 0 Å². The lowest BCUT2D eigenvalue weighted by Gasteiger charge is -2.35. The third-order valence-electron chi connectivity index (χ3n) is 5.49. The van der Waals surface area contributed by atoms with Crippen LogP contribution in [0.5, 0.6) is 0 Å². The van der Waals surface area contributed by atoms with E-state index in [0.717, 1.165) is 91.0 Å². The number of hydrogen-bond donors (Lipinski definition) is 2. The molecule has 2 aliphatic rings. The fraction of sp³-hybridized carbons (Fsp3) is 0.952. The molecule has 0 aliphatic carbocycles. The lowest BCUT2D eigenvalue weighted by Crippen LogP contribution is -2.51. The van der Waals surface area contributed by atoms with Gasteiger partial charge in [-0.15, -0.1) is 24.0 Å². The summed E-state index contributed by atoms with van der Waals surface area (Å²) in [7, 11) is 1.84.